The molecule has 0 saturated heterocycles. The van der Waals surface area contributed by atoms with E-state index < -0.39 is 16.0 Å². The van der Waals surface area contributed by atoms with Crippen molar-refractivity contribution in [2.75, 3.05) is 13.1 Å². The number of aromatic carboxylic acids is 1. The van der Waals surface area contributed by atoms with Crippen LogP contribution in [-0.4, -0.2) is 36.9 Å². The molecule has 5 nitrogen and oxygen atoms in total. The zero-order valence-corrected chi connectivity index (χ0v) is 12.1. The lowest BCUT2D eigenvalue weighted by Crippen LogP contribution is -2.33. The normalized spacial score (nSPS) is 11.2. The maximum absolute atomic E-state index is 12.2. The van der Waals surface area contributed by atoms with E-state index in [1.807, 2.05) is 6.92 Å². The maximum Gasteiger partial charge on any atom is 0.335 e. The molecule has 0 radical (unpaired) electrons. The van der Waals surface area contributed by atoms with Gasteiger partial charge in [0, 0.05) is 6.54 Å². The fourth-order valence-corrected chi connectivity index (χ4v) is 3.24. The lowest BCUT2D eigenvalue weighted by molar-refractivity contribution is 0.0697. The smallest absolute Gasteiger partial charge is 0.335 e. The highest BCUT2D eigenvalue weighted by molar-refractivity contribution is 7.88. The van der Waals surface area contributed by atoms with Crippen LogP contribution in [0, 0.1) is 12.3 Å². The molecule has 1 aromatic carbocycles. The molecule has 0 bridgehead atoms. The molecule has 0 unspecified atom stereocenters. The van der Waals surface area contributed by atoms with Crippen LogP contribution in [0.25, 0.3) is 0 Å². The topological polar surface area (TPSA) is 74.7 Å². The van der Waals surface area contributed by atoms with Gasteiger partial charge in [0.1, 0.15) is 0 Å². The molecule has 0 saturated carbocycles. The van der Waals surface area contributed by atoms with Crippen LogP contribution >= 0.6 is 0 Å². The van der Waals surface area contributed by atoms with Gasteiger partial charge in [-0.05, 0) is 24.1 Å². The van der Waals surface area contributed by atoms with Crippen LogP contribution < -0.4 is 0 Å². The van der Waals surface area contributed by atoms with E-state index in [-0.39, 0.29) is 17.9 Å². The Hall–Kier alpha value is -1.84. The zero-order chi connectivity index (χ0) is 15.2. The molecule has 0 atom stereocenters. The van der Waals surface area contributed by atoms with E-state index in [9.17, 15) is 13.2 Å². The Labute approximate surface area is 119 Å². The van der Waals surface area contributed by atoms with Crippen molar-refractivity contribution < 1.29 is 18.3 Å². The van der Waals surface area contributed by atoms with Crippen LogP contribution in [0.3, 0.4) is 0 Å². The summed E-state index contributed by atoms with van der Waals surface area (Å²) in [4.78, 5) is 10.7. The molecule has 0 fully saturated rings. The largest absolute Gasteiger partial charge is 0.478 e. The number of terminal acetylenes is 1. The first-order valence-electron chi connectivity index (χ1n) is 6.14. The first-order valence-corrected chi connectivity index (χ1v) is 7.75. The Morgan fingerprint density at radius 1 is 1.35 bits per heavy atom. The predicted octanol–water partition coefficient (Wildman–Crippen LogP) is 1.56. The van der Waals surface area contributed by atoms with Crippen molar-refractivity contribution in [1.82, 2.24) is 4.31 Å². The molecular weight excluding hydrogens is 278 g/mol. The standard InChI is InChI=1S/C14H17NO4S/c1-3-9-15(10-4-2)20(18,19)11-12-5-7-13(8-6-12)14(16)17/h1,5-8H,4,9-11H2,2H3,(H,16,17). The van der Waals surface area contributed by atoms with E-state index in [4.69, 9.17) is 11.5 Å². The molecule has 1 rings (SSSR count). The number of hydrogen-bond donors (Lipinski definition) is 1. The summed E-state index contributed by atoms with van der Waals surface area (Å²) in [5.74, 6) is 1.11. The SMILES string of the molecule is C#CCN(CCC)S(=O)(=O)Cc1ccc(C(=O)O)cc1. The molecule has 0 aliphatic heterocycles. The summed E-state index contributed by atoms with van der Waals surface area (Å²) in [5, 5.41) is 8.79. The summed E-state index contributed by atoms with van der Waals surface area (Å²) in [6, 6.07) is 5.78. The van der Waals surface area contributed by atoms with E-state index in [1.165, 1.54) is 28.6 Å². The molecule has 1 aromatic rings. The Balaban J connectivity index is 2.89. The van der Waals surface area contributed by atoms with Gasteiger partial charge < -0.3 is 5.11 Å². The second-order valence-corrected chi connectivity index (χ2v) is 6.26. The molecule has 20 heavy (non-hydrogen) atoms. The molecule has 1 N–H and O–H groups in total. The second-order valence-electron chi connectivity index (χ2n) is 4.30. The second kappa shape index (κ2) is 7.08. The fraction of sp³-hybridized carbons (Fsp3) is 0.357. The third-order valence-corrected chi connectivity index (χ3v) is 4.48. The number of sulfonamides is 1. The lowest BCUT2D eigenvalue weighted by atomic mass is 10.1. The molecule has 0 aliphatic rings. The van der Waals surface area contributed by atoms with Crippen molar-refractivity contribution in [3.63, 3.8) is 0 Å². The zero-order valence-electron chi connectivity index (χ0n) is 11.2. The first kappa shape index (κ1) is 16.2. The minimum absolute atomic E-state index is 0.0450. The molecule has 6 heteroatoms. The quantitative estimate of drug-likeness (QED) is 0.775. The molecule has 0 aromatic heterocycles. The summed E-state index contributed by atoms with van der Waals surface area (Å²) in [6.07, 6.45) is 5.86. The Morgan fingerprint density at radius 3 is 2.40 bits per heavy atom. The number of nitrogens with zero attached hydrogens (tertiary/aromatic N) is 1. The van der Waals surface area contributed by atoms with Gasteiger partial charge >= 0.3 is 5.97 Å². The third-order valence-electron chi connectivity index (χ3n) is 2.68. The third kappa shape index (κ3) is 4.37. The van der Waals surface area contributed by atoms with Gasteiger partial charge in [0.15, 0.2) is 0 Å². The first-order chi connectivity index (χ1) is 9.40. The van der Waals surface area contributed by atoms with Crippen LogP contribution in [0.15, 0.2) is 24.3 Å². The summed E-state index contributed by atoms with van der Waals surface area (Å²) < 4.78 is 25.7. The summed E-state index contributed by atoms with van der Waals surface area (Å²) >= 11 is 0. The van der Waals surface area contributed by atoms with E-state index in [2.05, 4.69) is 5.92 Å². The maximum atomic E-state index is 12.2. The number of hydrogen-bond acceptors (Lipinski definition) is 3. The van der Waals surface area contributed by atoms with Gasteiger partial charge in [-0.3, -0.25) is 0 Å². The Bertz CT molecular complexity index is 599. The summed E-state index contributed by atoms with van der Waals surface area (Å²) in [5.41, 5.74) is 0.660. The van der Waals surface area contributed by atoms with Crippen molar-refractivity contribution in [1.29, 1.82) is 0 Å². The average molecular weight is 295 g/mol. The minimum Gasteiger partial charge on any atom is -0.478 e. The van der Waals surface area contributed by atoms with Crippen molar-refractivity contribution in [2.24, 2.45) is 0 Å². The molecule has 108 valence electrons. The number of carboxylic acid groups (broad SMARTS) is 1. The molecule has 0 amide bonds. The highest BCUT2D eigenvalue weighted by Crippen LogP contribution is 2.12. The number of carbonyl (C=O) groups is 1. The Morgan fingerprint density at radius 2 is 1.95 bits per heavy atom. The van der Waals surface area contributed by atoms with Crippen molar-refractivity contribution in [3.05, 3.63) is 35.4 Å². The monoisotopic (exact) mass is 295 g/mol. The van der Waals surface area contributed by atoms with E-state index in [0.717, 1.165) is 0 Å². The van der Waals surface area contributed by atoms with Gasteiger partial charge in [0.2, 0.25) is 10.0 Å². The fourth-order valence-electron chi connectivity index (χ4n) is 1.71. The highest BCUT2D eigenvalue weighted by atomic mass is 32.2. The average Bonchev–Trinajstić information content (AvgIpc) is 2.38. The number of carboxylic acids is 1. The summed E-state index contributed by atoms with van der Waals surface area (Å²) in [6.45, 7) is 2.30. The predicted molar refractivity (Wildman–Crippen MR) is 76.7 cm³/mol. The Kier molecular flexibility index (Phi) is 5.74. The van der Waals surface area contributed by atoms with Gasteiger partial charge in [-0.1, -0.05) is 25.0 Å². The van der Waals surface area contributed by atoms with Gasteiger partial charge in [-0.2, -0.15) is 4.31 Å². The molecule has 0 aliphatic carbocycles. The van der Waals surface area contributed by atoms with E-state index in [0.29, 0.717) is 18.5 Å². The molecular formula is C14H17NO4S. The van der Waals surface area contributed by atoms with Crippen LogP contribution in [-0.2, 0) is 15.8 Å². The van der Waals surface area contributed by atoms with Crippen LogP contribution in [0.1, 0.15) is 29.3 Å². The van der Waals surface area contributed by atoms with Gasteiger partial charge in [-0.15, -0.1) is 6.42 Å². The van der Waals surface area contributed by atoms with Crippen molar-refractivity contribution in [2.45, 2.75) is 19.1 Å². The number of rotatable bonds is 7. The van der Waals surface area contributed by atoms with Crippen LogP contribution in [0.4, 0.5) is 0 Å². The van der Waals surface area contributed by atoms with Crippen molar-refractivity contribution in [3.8, 4) is 12.3 Å². The van der Waals surface area contributed by atoms with E-state index >= 15 is 0 Å². The summed E-state index contributed by atoms with van der Waals surface area (Å²) in [7, 11) is -3.49. The van der Waals surface area contributed by atoms with Crippen LogP contribution in [0.5, 0.6) is 0 Å². The van der Waals surface area contributed by atoms with E-state index in [1.54, 1.807) is 0 Å². The molecule has 0 heterocycles. The van der Waals surface area contributed by atoms with Gasteiger partial charge in [-0.25, -0.2) is 13.2 Å². The van der Waals surface area contributed by atoms with Gasteiger partial charge in [0.25, 0.3) is 0 Å². The van der Waals surface area contributed by atoms with Crippen LogP contribution in [0.2, 0.25) is 0 Å². The highest BCUT2D eigenvalue weighted by Gasteiger charge is 2.21. The van der Waals surface area contributed by atoms with Gasteiger partial charge in [0.05, 0.1) is 17.9 Å². The molecule has 0 spiro atoms. The van der Waals surface area contributed by atoms with Crippen molar-refractivity contribution >= 4 is 16.0 Å². The lowest BCUT2D eigenvalue weighted by Gasteiger charge is -2.19. The minimum atomic E-state index is -3.49. The number of benzene rings is 1.